The molecule has 0 aliphatic heterocycles. The number of carbonyl (C=O) groups is 3. The Balaban J connectivity index is 1.56. The van der Waals surface area contributed by atoms with Gasteiger partial charge < -0.3 is 21.7 Å². The number of hydrogen-bond acceptors (Lipinski definition) is 5. The van der Waals surface area contributed by atoms with Crippen molar-refractivity contribution in [1.29, 1.82) is 0 Å². The van der Waals surface area contributed by atoms with Gasteiger partial charge in [0, 0.05) is 17.3 Å². The summed E-state index contributed by atoms with van der Waals surface area (Å²) >= 11 is 0. The summed E-state index contributed by atoms with van der Waals surface area (Å²) in [5.41, 5.74) is 7.38. The molecule has 0 unspecified atom stereocenters. The maximum Gasteiger partial charge on any atom is 0.316 e. The molecule has 4 rings (SSSR count). The highest BCUT2D eigenvalue weighted by Gasteiger charge is 2.34. The molecule has 1 aromatic heterocycles. The summed E-state index contributed by atoms with van der Waals surface area (Å²) in [6.45, 7) is 0. The van der Waals surface area contributed by atoms with Gasteiger partial charge in [-0.2, -0.15) is 5.10 Å². The van der Waals surface area contributed by atoms with Crippen LogP contribution in [0.25, 0.3) is 0 Å². The number of benzene rings is 2. The van der Waals surface area contributed by atoms with Gasteiger partial charge in [-0.05, 0) is 35.7 Å². The lowest BCUT2D eigenvalue weighted by Crippen LogP contribution is -2.44. The van der Waals surface area contributed by atoms with Crippen LogP contribution in [0, 0.1) is 0 Å². The quantitative estimate of drug-likeness (QED) is 0.407. The summed E-state index contributed by atoms with van der Waals surface area (Å²) in [5.74, 6) is -0.842. The van der Waals surface area contributed by atoms with Crippen molar-refractivity contribution in [2.75, 3.05) is 5.32 Å². The molecule has 0 spiro atoms. The molecule has 0 saturated carbocycles. The van der Waals surface area contributed by atoms with Crippen LogP contribution in [0.3, 0.4) is 0 Å². The summed E-state index contributed by atoms with van der Waals surface area (Å²) in [5, 5.41) is 14.2. The predicted octanol–water partition coefficient (Wildman–Crippen LogP) is 1.09. The van der Waals surface area contributed by atoms with Gasteiger partial charge in [0.05, 0.1) is 23.8 Å². The number of aromatic nitrogens is 2. The first-order valence-corrected chi connectivity index (χ1v) is 9.81. The van der Waals surface area contributed by atoms with Crippen molar-refractivity contribution >= 4 is 23.5 Å². The average molecular weight is 432 g/mol. The molecule has 162 valence electrons. The van der Waals surface area contributed by atoms with Crippen molar-refractivity contribution in [1.82, 2.24) is 20.8 Å². The summed E-state index contributed by atoms with van der Waals surface area (Å²) < 4.78 is 0. The van der Waals surface area contributed by atoms with E-state index in [9.17, 15) is 19.2 Å². The second-order valence-corrected chi connectivity index (χ2v) is 7.34. The van der Waals surface area contributed by atoms with Crippen molar-refractivity contribution in [3.8, 4) is 0 Å². The number of aromatic amines is 1. The van der Waals surface area contributed by atoms with E-state index in [1.54, 1.807) is 18.2 Å². The van der Waals surface area contributed by atoms with E-state index < -0.39 is 29.6 Å². The molecule has 0 bridgehead atoms. The minimum atomic E-state index is -0.732. The van der Waals surface area contributed by atoms with Crippen LogP contribution in [0.1, 0.15) is 37.9 Å². The van der Waals surface area contributed by atoms with Gasteiger partial charge in [-0.3, -0.25) is 14.4 Å². The van der Waals surface area contributed by atoms with Crippen LogP contribution in [-0.4, -0.2) is 34.1 Å². The first-order chi connectivity index (χ1) is 15.4. The van der Waals surface area contributed by atoms with Crippen molar-refractivity contribution in [3.63, 3.8) is 0 Å². The molecule has 0 radical (unpaired) electrons. The Kier molecular flexibility index (Phi) is 5.67. The van der Waals surface area contributed by atoms with Crippen LogP contribution in [0.5, 0.6) is 0 Å². The van der Waals surface area contributed by atoms with E-state index in [2.05, 4.69) is 26.1 Å². The zero-order valence-corrected chi connectivity index (χ0v) is 16.8. The predicted molar refractivity (Wildman–Crippen MR) is 116 cm³/mol. The van der Waals surface area contributed by atoms with Crippen LogP contribution in [0.15, 0.2) is 65.6 Å². The van der Waals surface area contributed by atoms with Gasteiger partial charge in [-0.15, -0.1) is 0 Å². The summed E-state index contributed by atoms with van der Waals surface area (Å²) in [6, 6.07) is 13.4. The highest BCUT2D eigenvalue weighted by Crippen LogP contribution is 2.32. The van der Waals surface area contributed by atoms with Crippen molar-refractivity contribution in [2.24, 2.45) is 5.73 Å². The van der Waals surface area contributed by atoms with Gasteiger partial charge >= 0.3 is 6.03 Å². The van der Waals surface area contributed by atoms with Gasteiger partial charge in [-0.1, -0.05) is 30.3 Å². The minimum absolute atomic E-state index is 0.125. The number of urea groups is 1. The monoisotopic (exact) mass is 432 g/mol. The lowest BCUT2D eigenvalue weighted by atomic mass is 10.1. The standard InChI is InChI=1S/C22H20N6O4/c23-22(32)25-15-6-3-5-13(8-15)20(30)27-19-16-7-2-1-4-12(16)9-17(19)26-21(31)14-10-18(29)28-24-11-14/h1-8,10-11,17,19H,9H2,(H,26,31)(H,27,30)(H,28,29)(H3,23,25,32)/t17-,19-/m1/s1. The van der Waals surface area contributed by atoms with Gasteiger partial charge in [0.1, 0.15) is 0 Å². The van der Waals surface area contributed by atoms with E-state index in [-0.39, 0.29) is 11.5 Å². The third-order valence-electron chi connectivity index (χ3n) is 5.15. The molecule has 10 nitrogen and oxygen atoms in total. The molecule has 4 amide bonds. The Morgan fingerprint density at radius 1 is 0.969 bits per heavy atom. The lowest BCUT2D eigenvalue weighted by molar-refractivity contribution is 0.0887. The number of fused-ring (bicyclic) bond motifs is 1. The SMILES string of the molecule is NC(=O)Nc1cccc(C(=O)N[C@@H]2c3ccccc3C[C@H]2NC(=O)c2cn[nH]c(=O)c2)c1. The molecule has 1 aliphatic rings. The number of hydrogen-bond donors (Lipinski definition) is 5. The number of nitrogens with one attached hydrogen (secondary N) is 4. The summed E-state index contributed by atoms with van der Waals surface area (Å²) in [6.07, 6.45) is 1.77. The Labute approximate surface area is 182 Å². The number of H-pyrrole nitrogens is 1. The largest absolute Gasteiger partial charge is 0.351 e. The maximum absolute atomic E-state index is 13.0. The number of nitrogens with zero attached hydrogens (tertiary/aromatic N) is 1. The van der Waals surface area contributed by atoms with Crippen LogP contribution in [0.4, 0.5) is 10.5 Å². The molecular formula is C22H20N6O4. The van der Waals surface area contributed by atoms with Crippen LogP contribution in [0.2, 0.25) is 0 Å². The van der Waals surface area contributed by atoms with E-state index in [4.69, 9.17) is 5.73 Å². The molecule has 10 heteroatoms. The fourth-order valence-electron chi connectivity index (χ4n) is 3.76. The molecule has 1 heterocycles. The maximum atomic E-state index is 13.0. The van der Waals surface area contributed by atoms with E-state index in [0.717, 1.165) is 17.2 Å². The van der Waals surface area contributed by atoms with E-state index in [1.165, 1.54) is 12.3 Å². The first-order valence-electron chi connectivity index (χ1n) is 9.81. The topological polar surface area (TPSA) is 159 Å². The van der Waals surface area contributed by atoms with E-state index in [0.29, 0.717) is 17.7 Å². The second kappa shape index (κ2) is 8.72. The molecule has 2 atom stereocenters. The van der Waals surface area contributed by atoms with E-state index >= 15 is 0 Å². The molecule has 2 aromatic carbocycles. The highest BCUT2D eigenvalue weighted by molar-refractivity contribution is 5.97. The van der Waals surface area contributed by atoms with Crippen molar-refractivity contribution in [2.45, 2.75) is 18.5 Å². The Morgan fingerprint density at radius 3 is 2.53 bits per heavy atom. The van der Waals surface area contributed by atoms with Gasteiger partial charge in [0.2, 0.25) is 0 Å². The number of carbonyl (C=O) groups excluding carboxylic acids is 3. The molecule has 6 N–H and O–H groups in total. The molecular weight excluding hydrogens is 412 g/mol. The van der Waals surface area contributed by atoms with Crippen molar-refractivity contribution in [3.05, 3.63) is 93.4 Å². The molecule has 32 heavy (non-hydrogen) atoms. The number of rotatable bonds is 5. The third kappa shape index (κ3) is 4.48. The number of anilines is 1. The molecule has 3 aromatic rings. The average Bonchev–Trinajstić information content (AvgIpc) is 3.10. The zero-order chi connectivity index (χ0) is 22.7. The van der Waals surface area contributed by atoms with Crippen LogP contribution >= 0.6 is 0 Å². The van der Waals surface area contributed by atoms with Gasteiger partial charge in [0.15, 0.2) is 0 Å². The summed E-state index contributed by atoms with van der Waals surface area (Å²) in [7, 11) is 0. The van der Waals surface area contributed by atoms with Gasteiger partial charge in [-0.25, -0.2) is 9.89 Å². The minimum Gasteiger partial charge on any atom is -0.351 e. The van der Waals surface area contributed by atoms with Crippen molar-refractivity contribution < 1.29 is 14.4 Å². The Bertz CT molecular complexity index is 1250. The lowest BCUT2D eigenvalue weighted by Gasteiger charge is -2.23. The number of primary amides is 1. The van der Waals surface area contributed by atoms with E-state index in [1.807, 2.05) is 24.3 Å². The number of amides is 4. The smallest absolute Gasteiger partial charge is 0.316 e. The van der Waals surface area contributed by atoms with Gasteiger partial charge in [0.25, 0.3) is 17.4 Å². The van der Waals surface area contributed by atoms with Crippen LogP contribution < -0.4 is 27.2 Å². The Morgan fingerprint density at radius 2 is 1.75 bits per heavy atom. The third-order valence-corrected chi connectivity index (χ3v) is 5.15. The molecule has 0 fully saturated rings. The normalized spacial score (nSPS) is 16.6. The fourth-order valence-corrected chi connectivity index (χ4v) is 3.76. The Hall–Kier alpha value is -4.47. The number of nitrogens with two attached hydrogens (primary N) is 1. The summed E-state index contributed by atoms with van der Waals surface area (Å²) in [4.78, 5) is 48.2. The first kappa shape index (κ1) is 20.8. The zero-order valence-electron chi connectivity index (χ0n) is 16.8. The fraction of sp³-hybridized carbons (Fsp3) is 0.136. The highest BCUT2D eigenvalue weighted by atomic mass is 16.2. The molecule has 1 aliphatic carbocycles. The molecule has 0 saturated heterocycles. The second-order valence-electron chi connectivity index (χ2n) is 7.34. The van der Waals surface area contributed by atoms with Crippen LogP contribution in [-0.2, 0) is 6.42 Å².